The molecule has 0 aliphatic carbocycles. The van der Waals surface area contributed by atoms with E-state index in [4.69, 9.17) is 8.83 Å². The van der Waals surface area contributed by atoms with Crippen LogP contribution in [0.5, 0.6) is 0 Å². The van der Waals surface area contributed by atoms with Crippen molar-refractivity contribution in [2.75, 3.05) is 0 Å². The van der Waals surface area contributed by atoms with Gasteiger partial charge < -0.3 is 8.83 Å². The van der Waals surface area contributed by atoms with Gasteiger partial charge in [-0.25, -0.2) is 0 Å². The van der Waals surface area contributed by atoms with Crippen molar-refractivity contribution in [3.8, 4) is 44.5 Å². The number of hydrogen-bond acceptors (Lipinski definition) is 2. The molecule has 0 N–H and O–H groups in total. The van der Waals surface area contributed by atoms with Gasteiger partial charge in [-0.2, -0.15) is 0 Å². The van der Waals surface area contributed by atoms with Crippen molar-refractivity contribution in [3.05, 3.63) is 206 Å². The van der Waals surface area contributed by atoms with E-state index < -0.39 is 0 Å². The van der Waals surface area contributed by atoms with Gasteiger partial charge in [-0.1, -0.05) is 176 Å². The fourth-order valence-electron chi connectivity index (χ4n) is 10.6. The molecular weight excluding hydrogens is 753 g/mol. The van der Waals surface area contributed by atoms with E-state index in [1.165, 1.54) is 81.7 Å². The molecule has 14 rings (SSSR count). The first-order chi connectivity index (χ1) is 30.7. The van der Waals surface area contributed by atoms with Crippen LogP contribution in [0.4, 0.5) is 0 Å². The number of rotatable bonds is 4. The molecule has 0 fully saturated rings. The van der Waals surface area contributed by atoms with Crippen LogP contribution in [0.1, 0.15) is 0 Å². The Labute approximate surface area is 355 Å². The first kappa shape index (κ1) is 33.6. The van der Waals surface area contributed by atoms with Crippen LogP contribution < -0.4 is 0 Å². The summed E-state index contributed by atoms with van der Waals surface area (Å²) in [5.74, 6) is 0. The summed E-state index contributed by atoms with van der Waals surface area (Å²) in [7, 11) is 0. The summed E-state index contributed by atoms with van der Waals surface area (Å²) >= 11 is 0. The zero-order chi connectivity index (χ0) is 40.5. The Morgan fingerprint density at radius 3 is 1.52 bits per heavy atom. The van der Waals surface area contributed by atoms with E-state index >= 15 is 0 Å². The highest BCUT2D eigenvalue weighted by Crippen LogP contribution is 2.48. The first-order valence-corrected chi connectivity index (χ1v) is 21.3. The second-order valence-electron chi connectivity index (χ2n) is 16.7. The Hall–Kier alpha value is -8.20. The molecule has 12 aromatic carbocycles. The molecule has 0 spiro atoms. The Morgan fingerprint density at radius 2 is 0.758 bits per heavy atom. The molecule has 0 atom stereocenters. The van der Waals surface area contributed by atoms with Crippen LogP contribution in [0.3, 0.4) is 0 Å². The second kappa shape index (κ2) is 12.7. The maximum Gasteiger partial charge on any atom is 0.143 e. The number of fused-ring (bicyclic) bond motifs is 8. The highest BCUT2D eigenvalue weighted by Gasteiger charge is 2.22. The highest BCUT2D eigenvalue weighted by molar-refractivity contribution is 6.30. The van der Waals surface area contributed by atoms with Crippen LogP contribution in [0, 0.1) is 0 Å². The summed E-state index contributed by atoms with van der Waals surface area (Å²) in [6.45, 7) is 0. The molecule has 2 heterocycles. The van der Waals surface area contributed by atoms with E-state index in [0.717, 1.165) is 60.6 Å². The van der Waals surface area contributed by atoms with Gasteiger partial charge in [0.25, 0.3) is 0 Å². The van der Waals surface area contributed by atoms with E-state index in [-0.39, 0.29) is 0 Å². The predicted octanol–water partition coefficient (Wildman–Crippen LogP) is 17.4. The molecule has 0 bridgehead atoms. The Morgan fingerprint density at radius 1 is 0.226 bits per heavy atom. The van der Waals surface area contributed by atoms with Crippen molar-refractivity contribution >= 4 is 97.7 Å². The Balaban J connectivity index is 0.999. The molecule has 62 heavy (non-hydrogen) atoms. The average Bonchev–Trinajstić information content (AvgIpc) is 3.91. The van der Waals surface area contributed by atoms with Crippen molar-refractivity contribution in [1.82, 2.24) is 0 Å². The maximum absolute atomic E-state index is 7.02. The van der Waals surface area contributed by atoms with Crippen molar-refractivity contribution in [1.29, 1.82) is 0 Å². The summed E-state index contributed by atoms with van der Waals surface area (Å²) in [4.78, 5) is 0. The SMILES string of the molecule is c1ccc2cc3c(cc2c1)oc1c(-c2ccc(-c4cccc5ccccc45)cc2)ccc(-c2ccc4ccc5c(-c6cccc7oc8ccccc8c67)ccc6ccc2c4c65)c13. The van der Waals surface area contributed by atoms with E-state index in [2.05, 4.69) is 200 Å². The number of hydrogen-bond donors (Lipinski definition) is 0. The summed E-state index contributed by atoms with van der Waals surface area (Å²) in [6, 6.07) is 75.1. The van der Waals surface area contributed by atoms with E-state index in [0.29, 0.717) is 0 Å². The van der Waals surface area contributed by atoms with Gasteiger partial charge in [-0.15, -0.1) is 0 Å². The van der Waals surface area contributed by atoms with Gasteiger partial charge in [0, 0.05) is 27.1 Å². The average molecular weight is 787 g/mol. The maximum atomic E-state index is 7.02. The third kappa shape index (κ3) is 4.75. The van der Waals surface area contributed by atoms with Crippen LogP contribution in [0.25, 0.3) is 142 Å². The van der Waals surface area contributed by atoms with E-state index in [1.807, 2.05) is 6.07 Å². The lowest BCUT2D eigenvalue weighted by atomic mass is 9.85. The molecule has 0 saturated carbocycles. The topological polar surface area (TPSA) is 26.3 Å². The monoisotopic (exact) mass is 786 g/mol. The van der Waals surface area contributed by atoms with Crippen LogP contribution in [-0.4, -0.2) is 0 Å². The molecule has 0 amide bonds. The van der Waals surface area contributed by atoms with Gasteiger partial charge in [0.2, 0.25) is 0 Å². The fourth-order valence-corrected chi connectivity index (χ4v) is 10.6. The number of para-hydroxylation sites is 1. The molecule has 0 aliphatic rings. The Kier molecular flexibility index (Phi) is 6.86. The lowest BCUT2D eigenvalue weighted by molar-refractivity contribution is 0.669. The molecule has 0 radical (unpaired) electrons. The first-order valence-electron chi connectivity index (χ1n) is 21.3. The molecule has 14 aromatic rings. The standard InChI is InChI=1S/C60H34O2/c1-2-11-41-34-55-52(33-40(41)10-1)59-50(32-31-44(60(59)62-55)37-21-19-36(20-22-37)43-15-7-12-35-9-3-4-13-42(35)43)46-28-24-39-25-29-48-45(27-23-38-26-30-49(46)57(39)56(38)48)47-16-8-18-54-58(47)51-14-5-6-17-53(51)61-54/h1-34H. The van der Waals surface area contributed by atoms with Gasteiger partial charge in [-0.05, 0) is 123 Å². The molecule has 2 aromatic heterocycles. The molecule has 0 aliphatic heterocycles. The quantitative estimate of drug-likeness (QED) is 0.166. The number of furan rings is 2. The summed E-state index contributed by atoms with van der Waals surface area (Å²) in [5.41, 5.74) is 13.0. The van der Waals surface area contributed by atoms with Crippen LogP contribution in [0.15, 0.2) is 215 Å². The molecule has 2 nitrogen and oxygen atoms in total. The lowest BCUT2D eigenvalue weighted by Gasteiger charge is -2.17. The predicted molar refractivity (Wildman–Crippen MR) is 261 cm³/mol. The van der Waals surface area contributed by atoms with Crippen molar-refractivity contribution in [2.24, 2.45) is 0 Å². The normalized spacial score (nSPS) is 12.2. The minimum atomic E-state index is 0.892. The van der Waals surface area contributed by atoms with Gasteiger partial charge >= 0.3 is 0 Å². The van der Waals surface area contributed by atoms with Crippen molar-refractivity contribution < 1.29 is 8.83 Å². The molecule has 0 saturated heterocycles. The third-order valence-corrected chi connectivity index (χ3v) is 13.4. The zero-order valence-electron chi connectivity index (χ0n) is 33.4. The third-order valence-electron chi connectivity index (χ3n) is 13.4. The highest BCUT2D eigenvalue weighted by atomic mass is 16.3. The Bertz CT molecular complexity index is 4140. The zero-order valence-corrected chi connectivity index (χ0v) is 33.4. The van der Waals surface area contributed by atoms with Gasteiger partial charge in [-0.3, -0.25) is 0 Å². The van der Waals surface area contributed by atoms with Crippen molar-refractivity contribution in [2.45, 2.75) is 0 Å². The van der Waals surface area contributed by atoms with Crippen molar-refractivity contribution in [3.63, 3.8) is 0 Å². The smallest absolute Gasteiger partial charge is 0.143 e. The minimum absolute atomic E-state index is 0.892. The summed E-state index contributed by atoms with van der Waals surface area (Å²) < 4.78 is 13.4. The molecule has 0 unspecified atom stereocenters. The van der Waals surface area contributed by atoms with Crippen LogP contribution >= 0.6 is 0 Å². The summed E-state index contributed by atoms with van der Waals surface area (Å²) in [6.07, 6.45) is 0. The molecule has 286 valence electrons. The van der Waals surface area contributed by atoms with Gasteiger partial charge in [0.05, 0.1) is 0 Å². The van der Waals surface area contributed by atoms with Crippen LogP contribution in [-0.2, 0) is 0 Å². The summed E-state index contributed by atoms with van der Waals surface area (Å²) in [5, 5.41) is 16.9. The lowest BCUT2D eigenvalue weighted by Crippen LogP contribution is -1.91. The van der Waals surface area contributed by atoms with E-state index in [1.54, 1.807) is 0 Å². The molecule has 2 heteroatoms. The molecular formula is C60H34O2. The fraction of sp³-hybridized carbons (Fsp3) is 0. The van der Waals surface area contributed by atoms with Gasteiger partial charge in [0.1, 0.15) is 22.3 Å². The number of benzene rings is 12. The van der Waals surface area contributed by atoms with Gasteiger partial charge in [0.15, 0.2) is 0 Å². The second-order valence-corrected chi connectivity index (χ2v) is 16.7. The minimum Gasteiger partial charge on any atom is -0.456 e. The van der Waals surface area contributed by atoms with Crippen LogP contribution in [0.2, 0.25) is 0 Å². The largest absolute Gasteiger partial charge is 0.456 e. The van der Waals surface area contributed by atoms with E-state index in [9.17, 15) is 0 Å².